The molecule has 2 heterocycles. The Hall–Kier alpha value is -3.19. The van der Waals surface area contributed by atoms with Crippen LogP contribution < -0.4 is 14.8 Å². The standard InChI is InChI=1S/C14H12Cl2F3N3O2S.C11H7Cl2F3N2O.C3H5NOS/c1-7-3-11(21-22(7)13(25)20-6-23-2)24-12-9(15)4-8(5-10(12)16)14(17,18)19;1-5-2-9(18-17-5)19-10-7(12)3-6(4-8(10)13)11(14,15)16;1-5-2-4-3-6/h3-5H,6H2,1-2H3,(H,20,25);2-4H,1H3,(H,17,18);2H2,1H3. The normalized spacial score (nSPS) is 11.0. The van der Waals surface area contributed by atoms with Gasteiger partial charge in [0.1, 0.15) is 13.5 Å². The van der Waals surface area contributed by atoms with Crippen LogP contribution in [0.5, 0.6) is 23.3 Å². The van der Waals surface area contributed by atoms with E-state index in [4.69, 9.17) is 72.8 Å². The molecule has 2 aromatic carbocycles. The second-order valence-corrected chi connectivity index (χ2v) is 11.4. The predicted molar refractivity (Wildman–Crippen MR) is 183 cm³/mol. The zero-order chi connectivity index (χ0) is 37.8. The minimum atomic E-state index is -4.57. The number of methoxy groups -OCH3 is 2. The van der Waals surface area contributed by atoms with Gasteiger partial charge in [0.05, 0.1) is 36.4 Å². The van der Waals surface area contributed by atoms with Gasteiger partial charge in [-0.25, -0.2) is 9.67 Å². The third-order valence-corrected chi connectivity index (χ3v) is 7.00. The van der Waals surface area contributed by atoms with Crippen molar-refractivity contribution in [3.05, 3.63) is 79.0 Å². The van der Waals surface area contributed by atoms with Gasteiger partial charge in [-0.2, -0.15) is 26.3 Å². The monoisotopic (exact) mass is 826 g/mol. The van der Waals surface area contributed by atoms with E-state index in [9.17, 15) is 26.3 Å². The van der Waals surface area contributed by atoms with Crippen LogP contribution in [0.25, 0.3) is 0 Å². The van der Waals surface area contributed by atoms with E-state index in [1.807, 2.05) is 0 Å². The van der Waals surface area contributed by atoms with Crippen LogP contribution in [-0.2, 0) is 21.8 Å². The number of alkyl halides is 6. The van der Waals surface area contributed by atoms with Gasteiger partial charge in [0.25, 0.3) is 0 Å². The number of thiocarbonyl (C=S) groups is 2. The molecular formula is C28H24Cl4F6N6O4S2. The van der Waals surface area contributed by atoms with Gasteiger partial charge in [0.15, 0.2) is 16.6 Å². The van der Waals surface area contributed by atoms with E-state index in [-0.39, 0.29) is 55.2 Å². The highest BCUT2D eigenvalue weighted by atomic mass is 35.5. The lowest BCUT2D eigenvalue weighted by atomic mass is 10.2. The van der Waals surface area contributed by atoms with Crippen LogP contribution in [0.2, 0.25) is 20.1 Å². The van der Waals surface area contributed by atoms with Crippen molar-refractivity contribution in [2.45, 2.75) is 26.2 Å². The fourth-order valence-electron chi connectivity index (χ4n) is 3.30. The molecule has 22 heteroatoms. The number of nitrogens with one attached hydrogen (secondary N) is 2. The molecular weight excluding hydrogens is 804 g/mol. The average Bonchev–Trinajstić information content (AvgIpc) is 3.61. The van der Waals surface area contributed by atoms with E-state index < -0.39 is 23.5 Å². The van der Waals surface area contributed by atoms with Crippen molar-refractivity contribution in [3.63, 3.8) is 0 Å². The number of hydrogen-bond acceptors (Lipinski definition) is 9. The lowest BCUT2D eigenvalue weighted by Gasteiger charge is -2.12. The van der Waals surface area contributed by atoms with Gasteiger partial charge in [-0.15, -0.1) is 10.2 Å². The molecule has 2 N–H and O–H groups in total. The summed E-state index contributed by atoms with van der Waals surface area (Å²) in [6, 6.07) is 6.06. The highest BCUT2D eigenvalue weighted by molar-refractivity contribution is 7.80. The summed E-state index contributed by atoms with van der Waals surface area (Å²) in [6.45, 7) is 3.97. The van der Waals surface area contributed by atoms with Crippen molar-refractivity contribution in [1.29, 1.82) is 0 Å². The molecule has 0 spiro atoms. The second-order valence-electron chi connectivity index (χ2n) is 9.24. The summed E-state index contributed by atoms with van der Waals surface area (Å²) in [6.07, 6.45) is -9.09. The molecule has 0 unspecified atom stereocenters. The highest BCUT2D eigenvalue weighted by Crippen LogP contribution is 2.42. The van der Waals surface area contributed by atoms with Gasteiger partial charge in [0.2, 0.25) is 11.8 Å². The third kappa shape index (κ3) is 13.2. The fraction of sp³-hybridized carbons (Fsp3) is 0.286. The van der Waals surface area contributed by atoms with Crippen LogP contribution in [0.15, 0.2) is 41.4 Å². The summed E-state index contributed by atoms with van der Waals surface area (Å²) in [5.74, 6) is 0.0447. The first-order chi connectivity index (χ1) is 23.3. The quantitative estimate of drug-likeness (QED) is 0.0777. The molecule has 0 radical (unpaired) electrons. The Balaban J connectivity index is 0.000000306. The average molecular weight is 828 g/mol. The number of ether oxygens (including phenoxy) is 4. The molecule has 50 heavy (non-hydrogen) atoms. The predicted octanol–water partition coefficient (Wildman–Crippen LogP) is 10.2. The number of aromatic nitrogens is 4. The summed E-state index contributed by atoms with van der Waals surface area (Å²) in [5.41, 5.74) is -0.550. The van der Waals surface area contributed by atoms with Crippen molar-refractivity contribution in [2.75, 3.05) is 27.7 Å². The molecule has 0 bridgehead atoms. The Morgan fingerprint density at radius 1 is 0.840 bits per heavy atom. The maximum Gasteiger partial charge on any atom is 0.416 e. The molecule has 10 nitrogen and oxygen atoms in total. The maximum absolute atomic E-state index is 12.7. The summed E-state index contributed by atoms with van der Waals surface area (Å²) in [4.78, 5) is 3.43. The molecule has 0 amide bonds. The Bertz CT molecular complexity index is 1770. The first-order valence-corrected chi connectivity index (χ1v) is 15.5. The summed E-state index contributed by atoms with van der Waals surface area (Å²) in [5, 5.41) is 14.7. The second kappa shape index (κ2) is 19.4. The SMILES string of the molecule is COCN=C=S.COCNC(=S)n1nc(Oc2c(Cl)cc(C(F)(F)F)cc2Cl)cc1C.Cc1cc(Oc2c(Cl)cc(C(F)(F)F)cc2Cl)n[nH]1. The third-order valence-electron chi connectivity index (χ3n) is 5.43. The van der Waals surface area contributed by atoms with Crippen LogP contribution in [-0.4, -0.2) is 57.9 Å². The number of nitrogens with zero attached hydrogens (tertiary/aromatic N) is 4. The zero-order valence-corrected chi connectivity index (χ0v) is 30.6. The Morgan fingerprint density at radius 3 is 1.68 bits per heavy atom. The first-order valence-electron chi connectivity index (χ1n) is 13.2. The van der Waals surface area contributed by atoms with E-state index >= 15 is 0 Å². The zero-order valence-electron chi connectivity index (χ0n) is 25.9. The molecule has 272 valence electrons. The lowest BCUT2D eigenvalue weighted by molar-refractivity contribution is -0.138. The number of aromatic amines is 1. The van der Waals surface area contributed by atoms with Crippen molar-refractivity contribution >= 4 is 81.1 Å². The molecule has 4 rings (SSSR count). The number of H-pyrrole nitrogens is 1. The Kier molecular flexibility index (Phi) is 16.7. The smallest absolute Gasteiger partial charge is 0.416 e. The molecule has 2 aromatic heterocycles. The molecule has 0 aliphatic rings. The van der Waals surface area contributed by atoms with Crippen molar-refractivity contribution < 1.29 is 45.3 Å². The topological polar surface area (TPSA) is 108 Å². The first kappa shape index (κ1) is 43.0. The van der Waals surface area contributed by atoms with E-state index in [0.29, 0.717) is 12.4 Å². The summed E-state index contributed by atoms with van der Waals surface area (Å²) < 4.78 is 97.2. The molecule has 0 aliphatic heterocycles. The molecule has 0 fully saturated rings. The van der Waals surface area contributed by atoms with Crippen LogP contribution in [0.3, 0.4) is 0 Å². The molecule has 0 atom stereocenters. The van der Waals surface area contributed by atoms with Crippen molar-refractivity contribution in [2.24, 2.45) is 4.99 Å². The van der Waals surface area contributed by atoms with Crippen LogP contribution in [0, 0.1) is 13.8 Å². The molecule has 0 saturated carbocycles. The minimum absolute atomic E-state index is 0.0668. The number of hydrogen-bond donors (Lipinski definition) is 2. The van der Waals surface area contributed by atoms with E-state index in [1.165, 1.54) is 17.9 Å². The van der Waals surface area contributed by atoms with Gasteiger partial charge in [-0.1, -0.05) is 46.4 Å². The van der Waals surface area contributed by atoms with Gasteiger partial charge < -0.3 is 24.3 Å². The van der Waals surface area contributed by atoms with Gasteiger partial charge in [-0.05, 0) is 62.5 Å². The summed E-state index contributed by atoms with van der Waals surface area (Å²) >= 11 is 32.6. The van der Waals surface area contributed by atoms with E-state index in [2.05, 4.69) is 47.7 Å². The van der Waals surface area contributed by atoms with Gasteiger partial charge >= 0.3 is 12.4 Å². The Morgan fingerprint density at radius 2 is 1.32 bits per heavy atom. The molecule has 4 aromatic rings. The number of aliphatic imine (C=N–C) groups is 1. The van der Waals surface area contributed by atoms with E-state index in [1.54, 1.807) is 27.0 Å². The largest absolute Gasteiger partial charge is 0.434 e. The molecule has 0 aliphatic carbocycles. The maximum atomic E-state index is 12.7. The summed E-state index contributed by atoms with van der Waals surface area (Å²) in [7, 11) is 3.05. The van der Waals surface area contributed by atoms with Gasteiger partial charge in [-0.3, -0.25) is 5.10 Å². The van der Waals surface area contributed by atoms with Crippen LogP contribution >= 0.6 is 70.8 Å². The highest BCUT2D eigenvalue weighted by Gasteiger charge is 2.33. The lowest BCUT2D eigenvalue weighted by Crippen LogP contribution is -2.31. The van der Waals surface area contributed by atoms with E-state index in [0.717, 1.165) is 30.0 Å². The number of rotatable bonds is 8. The van der Waals surface area contributed by atoms with Crippen molar-refractivity contribution in [1.82, 2.24) is 25.3 Å². The molecule has 0 saturated heterocycles. The number of isothiocyanates is 1. The fourth-order valence-corrected chi connectivity index (χ4v) is 4.72. The number of benzene rings is 2. The number of halogens is 10. The minimum Gasteiger partial charge on any atom is -0.434 e. The van der Waals surface area contributed by atoms with Gasteiger partial charge in [0, 0.05) is 37.7 Å². The Labute approximate surface area is 311 Å². The van der Waals surface area contributed by atoms with Crippen LogP contribution in [0.1, 0.15) is 22.5 Å². The number of aryl methyl sites for hydroxylation is 2. The van der Waals surface area contributed by atoms with Crippen molar-refractivity contribution in [3.8, 4) is 23.3 Å². The van der Waals surface area contributed by atoms with Crippen LogP contribution in [0.4, 0.5) is 26.3 Å².